The number of pyridine rings is 1. The van der Waals surface area contributed by atoms with E-state index in [1.54, 1.807) is 24.0 Å². The summed E-state index contributed by atoms with van der Waals surface area (Å²) in [7, 11) is 0. The van der Waals surface area contributed by atoms with E-state index in [4.69, 9.17) is 16.3 Å². The molecule has 4 rings (SSSR count). The zero-order valence-corrected chi connectivity index (χ0v) is 18.3. The number of likely N-dealkylation sites (tertiary alicyclic amines) is 1. The van der Waals surface area contributed by atoms with Crippen LogP contribution in [-0.4, -0.2) is 45.0 Å². The van der Waals surface area contributed by atoms with E-state index >= 15 is 0 Å². The maximum absolute atomic E-state index is 14.7. The van der Waals surface area contributed by atoms with Crippen molar-refractivity contribution in [3.63, 3.8) is 0 Å². The van der Waals surface area contributed by atoms with Crippen LogP contribution >= 0.6 is 11.6 Å². The number of amides is 1. The number of carbonyl (C=O) groups excluding carboxylic acids is 1. The summed E-state index contributed by atoms with van der Waals surface area (Å²) in [4.78, 5) is 27.0. The third kappa shape index (κ3) is 4.70. The molecule has 1 saturated heterocycles. The van der Waals surface area contributed by atoms with E-state index in [1.165, 1.54) is 30.7 Å². The summed E-state index contributed by atoms with van der Waals surface area (Å²) in [6.45, 7) is 4.15. The predicted octanol–water partition coefficient (Wildman–Crippen LogP) is 4.43. The summed E-state index contributed by atoms with van der Waals surface area (Å²) in [5.74, 6) is -1.28. The van der Waals surface area contributed by atoms with E-state index in [0.29, 0.717) is 34.4 Å². The van der Waals surface area contributed by atoms with Gasteiger partial charge in [-0.1, -0.05) is 17.7 Å². The summed E-state index contributed by atoms with van der Waals surface area (Å²) in [6.07, 6.45) is 4.01. The molecular weight excluding hydrogens is 438 g/mol. The lowest BCUT2D eigenvalue weighted by Gasteiger charge is -2.25. The largest absolute Gasteiger partial charge is 0.474 e. The third-order valence-electron chi connectivity index (χ3n) is 5.65. The molecule has 0 N–H and O–H groups in total. The number of aryl methyl sites for hydroxylation is 1. The summed E-state index contributed by atoms with van der Waals surface area (Å²) >= 11 is 5.89. The van der Waals surface area contributed by atoms with Crippen molar-refractivity contribution < 1.29 is 18.3 Å². The number of rotatable bonds is 5. The highest BCUT2D eigenvalue weighted by Gasteiger charge is 2.41. The third-order valence-corrected chi connectivity index (χ3v) is 5.88. The van der Waals surface area contributed by atoms with Crippen LogP contribution < -0.4 is 4.74 Å². The molecule has 3 heterocycles. The molecule has 0 aliphatic carbocycles. The van der Waals surface area contributed by atoms with Crippen LogP contribution in [0.15, 0.2) is 48.9 Å². The molecule has 0 saturated carbocycles. The average Bonchev–Trinajstić information content (AvgIpc) is 3.21. The normalized spacial score (nSPS) is 19.1. The lowest BCUT2D eigenvalue weighted by molar-refractivity contribution is 0.0769. The summed E-state index contributed by atoms with van der Waals surface area (Å²) in [6, 6.07) is 6.82. The van der Waals surface area contributed by atoms with Gasteiger partial charge in [-0.3, -0.25) is 4.79 Å². The molecule has 2 unspecified atom stereocenters. The topological polar surface area (TPSA) is 68.2 Å². The van der Waals surface area contributed by atoms with Gasteiger partial charge in [0.2, 0.25) is 5.88 Å². The van der Waals surface area contributed by atoms with Crippen LogP contribution in [0.4, 0.5) is 8.78 Å². The van der Waals surface area contributed by atoms with Crippen LogP contribution in [0.3, 0.4) is 0 Å². The molecule has 3 atom stereocenters. The van der Waals surface area contributed by atoms with Gasteiger partial charge >= 0.3 is 0 Å². The summed E-state index contributed by atoms with van der Waals surface area (Å²) in [5.41, 5.74) is 0.689. The Balaban J connectivity index is 1.62. The van der Waals surface area contributed by atoms with Gasteiger partial charge in [-0.15, -0.1) is 0 Å². The lowest BCUT2D eigenvalue weighted by Crippen LogP contribution is -2.32. The fourth-order valence-corrected chi connectivity index (χ4v) is 4.11. The molecule has 32 heavy (non-hydrogen) atoms. The monoisotopic (exact) mass is 458 g/mol. The first-order valence-corrected chi connectivity index (χ1v) is 10.5. The van der Waals surface area contributed by atoms with E-state index in [9.17, 15) is 13.6 Å². The van der Waals surface area contributed by atoms with Gasteiger partial charge in [0.05, 0.1) is 10.6 Å². The van der Waals surface area contributed by atoms with Crippen molar-refractivity contribution in [2.75, 3.05) is 13.1 Å². The van der Waals surface area contributed by atoms with Gasteiger partial charge in [0.1, 0.15) is 23.6 Å². The van der Waals surface area contributed by atoms with E-state index in [2.05, 4.69) is 15.0 Å². The van der Waals surface area contributed by atoms with Crippen LogP contribution in [0.25, 0.3) is 0 Å². The maximum atomic E-state index is 14.7. The highest BCUT2D eigenvalue weighted by molar-refractivity contribution is 6.30. The molecule has 6 nitrogen and oxygen atoms in total. The Labute approximate surface area is 189 Å². The fourth-order valence-electron chi connectivity index (χ4n) is 4.00. The van der Waals surface area contributed by atoms with Crippen LogP contribution in [0.5, 0.6) is 5.88 Å². The first-order valence-electron chi connectivity index (χ1n) is 10.1. The quantitative estimate of drug-likeness (QED) is 0.565. The average molecular weight is 459 g/mol. The SMILES string of the molecule is Cc1ncc(C(=O)N2CC(C(C)Oc3ccc(Cl)cn3)[C@@H](c3ccc(F)cc3F)C2)cn1. The number of aromatic nitrogens is 3. The Morgan fingerprint density at radius 2 is 1.88 bits per heavy atom. The molecule has 1 aliphatic rings. The zero-order valence-electron chi connectivity index (χ0n) is 17.5. The highest BCUT2D eigenvalue weighted by atomic mass is 35.5. The van der Waals surface area contributed by atoms with E-state index in [0.717, 1.165) is 6.07 Å². The maximum Gasteiger partial charge on any atom is 0.257 e. The van der Waals surface area contributed by atoms with Gasteiger partial charge in [-0.25, -0.2) is 23.7 Å². The van der Waals surface area contributed by atoms with Crippen LogP contribution in [0, 0.1) is 24.5 Å². The van der Waals surface area contributed by atoms with Crippen molar-refractivity contribution >= 4 is 17.5 Å². The Morgan fingerprint density at radius 3 is 2.53 bits per heavy atom. The number of benzene rings is 1. The number of hydrogen-bond donors (Lipinski definition) is 0. The number of ether oxygens (including phenoxy) is 1. The molecule has 9 heteroatoms. The van der Waals surface area contributed by atoms with Gasteiger partial charge < -0.3 is 9.64 Å². The first-order chi connectivity index (χ1) is 15.3. The lowest BCUT2D eigenvalue weighted by atomic mass is 9.85. The van der Waals surface area contributed by atoms with Crippen molar-refractivity contribution in [2.45, 2.75) is 25.9 Å². The smallest absolute Gasteiger partial charge is 0.257 e. The summed E-state index contributed by atoms with van der Waals surface area (Å²) < 4.78 is 34.2. The van der Waals surface area contributed by atoms with Crippen LogP contribution in [0.2, 0.25) is 5.02 Å². The van der Waals surface area contributed by atoms with E-state index in [1.807, 2.05) is 6.92 Å². The highest BCUT2D eigenvalue weighted by Crippen LogP contribution is 2.38. The molecule has 1 amide bonds. The van der Waals surface area contributed by atoms with Crippen molar-refractivity contribution in [1.29, 1.82) is 0 Å². The van der Waals surface area contributed by atoms with Gasteiger partial charge in [-0.05, 0) is 31.5 Å². The van der Waals surface area contributed by atoms with Crippen LogP contribution in [0.1, 0.15) is 34.6 Å². The van der Waals surface area contributed by atoms with Gasteiger partial charge in [0, 0.05) is 55.6 Å². The predicted molar refractivity (Wildman–Crippen MR) is 115 cm³/mol. The molecular formula is C23H21ClF2N4O2. The minimum absolute atomic E-state index is 0.252. The zero-order chi connectivity index (χ0) is 22.8. The second-order valence-electron chi connectivity index (χ2n) is 7.80. The van der Waals surface area contributed by atoms with Crippen molar-refractivity contribution in [2.24, 2.45) is 5.92 Å². The second-order valence-corrected chi connectivity index (χ2v) is 8.24. The number of carbonyl (C=O) groups is 1. The Kier molecular flexibility index (Phi) is 6.32. The fraction of sp³-hybridized carbons (Fsp3) is 0.304. The minimum Gasteiger partial charge on any atom is -0.474 e. The van der Waals surface area contributed by atoms with Gasteiger partial charge in [0.15, 0.2) is 0 Å². The molecule has 0 spiro atoms. The molecule has 1 aromatic carbocycles. The molecule has 2 aromatic heterocycles. The molecule has 1 fully saturated rings. The Hall–Kier alpha value is -3.13. The van der Waals surface area contributed by atoms with Crippen molar-refractivity contribution in [3.8, 4) is 5.88 Å². The summed E-state index contributed by atoms with van der Waals surface area (Å²) in [5, 5.41) is 0.481. The van der Waals surface area contributed by atoms with Crippen molar-refractivity contribution in [1.82, 2.24) is 19.9 Å². The molecule has 0 radical (unpaired) electrons. The number of hydrogen-bond acceptors (Lipinski definition) is 5. The number of halogens is 3. The molecule has 0 bridgehead atoms. The molecule has 166 valence electrons. The number of nitrogens with zero attached hydrogens (tertiary/aromatic N) is 4. The minimum atomic E-state index is -0.653. The van der Waals surface area contributed by atoms with Gasteiger partial charge in [-0.2, -0.15) is 0 Å². The molecule has 1 aliphatic heterocycles. The second kappa shape index (κ2) is 9.16. The van der Waals surface area contributed by atoms with Crippen molar-refractivity contribution in [3.05, 3.63) is 82.5 Å². The molecule has 3 aromatic rings. The standard InChI is InChI=1S/C23H21ClF2N4O2/c1-13(32-22-6-3-16(24)10-29-22)19-11-30(23(31)15-8-27-14(2)28-9-15)12-20(19)18-5-4-17(25)7-21(18)26/h3-10,13,19-20H,11-12H2,1-2H3/t13?,19?,20-/m1/s1. The van der Waals surface area contributed by atoms with Crippen LogP contribution in [-0.2, 0) is 0 Å². The Morgan fingerprint density at radius 1 is 1.12 bits per heavy atom. The first kappa shape index (κ1) is 22.1. The Bertz CT molecular complexity index is 1110. The van der Waals surface area contributed by atoms with Gasteiger partial charge in [0.25, 0.3) is 5.91 Å². The van der Waals surface area contributed by atoms with E-state index < -0.39 is 23.7 Å². The van der Waals surface area contributed by atoms with E-state index in [-0.39, 0.29) is 18.4 Å².